The fourth-order valence-electron chi connectivity index (χ4n) is 4.12. The fourth-order valence-corrected chi connectivity index (χ4v) is 4.12. The fraction of sp³-hybridized carbons (Fsp3) is 0.708. The average molecular weight is 410 g/mol. The minimum absolute atomic E-state index is 0. The van der Waals surface area contributed by atoms with Crippen molar-refractivity contribution in [1.82, 2.24) is 4.90 Å². The van der Waals surface area contributed by atoms with Gasteiger partial charge in [0.05, 0.1) is 0 Å². The van der Waals surface area contributed by atoms with E-state index in [2.05, 4.69) is 30.9 Å². The minimum Gasteiger partial charge on any atom is -0.427 e. The molecule has 1 aliphatic rings. The molecule has 1 aromatic carbocycles. The van der Waals surface area contributed by atoms with Crippen LogP contribution in [0.4, 0.5) is 0 Å². The summed E-state index contributed by atoms with van der Waals surface area (Å²) in [6.07, 6.45) is 14.0. The molecule has 0 amide bonds. The summed E-state index contributed by atoms with van der Waals surface area (Å²) in [6.45, 7) is 6.81. The maximum absolute atomic E-state index is 12.2. The first-order valence-electron chi connectivity index (χ1n) is 11.3. The van der Waals surface area contributed by atoms with E-state index in [1.165, 1.54) is 69.9 Å². The largest absolute Gasteiger partial charge is 0.427 e. The Morgan fingerprint density at radius 1 is 1.04 bits per heavy atom. The van der Waals surface area contributed by atoms with Gasteiger partial charge in [0.15, 0.2) is 0 Å². The molecule has 2 rings (SSSR count). The van der Waals surface area contributed by atoms with Gasteiger partial charge in [-0.25, -0.2) is 0 Å². The molecule has 3 nitrogen and oxygen atoms in total. The Labute approximate surface area is 178 Å². The van der Waals surface area contributed by atoms with E-state index in [0.29, 0.717) is 18.2 Å². The molecule has 1 saturated heterocycles. The van der Waals surface area contributed by atoms with Gasteiger partial charge in [0, 0.05) is 12.5 Å². The number of likely N-dealkylation sites (tertiary alicyclic amines) is 1. The van der Waals surface area contributed by atoms with E-state index in [9.17, 15) is 4.79 Å². The standard InChI is InChI=1S/C24H39NO2.ClH/c1-3-5-6-7-8-9-10-17-24(26)27-22-15-13-14-21(20-22)23-16-11-12-19-25(23)18-4-2;/h13-15,20,23H,3-12,16-19H2,1-2H3;1H. The van der Waals surface area contributed by atoms with Crippen LogP contribution >= 0.6 is 12.4 Å². The number of halogens is 1. The third-order valence-corrected chi connectivity index (χ3v) is 5.58. The number of rotatable bonds is 12. The normalized spacial score (nSPS) is 17.1. The number of unbranched alkanes of at least 4 members (excludes halogenated alkanes) is 6. The third kappa shape index (κ3) is 8.96. The maximum Gasteiger partial charge on any atom is 0.311 e. The lowest BCUT2D eigenvalue weighted by Crippen LogP contribution is -2.33. The molecule has 1 aliphatic heterocycles. The van der Waals surface area contributed by atoms with Crippen LogP contribution in [-0.2, 0) is 4.79 Å². The van der Waals surface area contributed by atoms with Crippen LogP contribution in [0.2, 0.25) is 0 Å². The summed E-state index contributed by atoms with van der Waals surface area (Å²) in [5.74, 6) is 0.622. The van der Waals surface area contributed by atoms with Gasteiger partial charge in [-0.2, -0.15) is 0 Å². The van der Waals surface area contributed by atoms with Crippen LogP contribution in [0.15, 0.2) is 24.3 Å². The molecule has 1 atom stereocenters. The van der Waals surface area contributed by atoms with Crippen molar-refractivity contribution in [3.05, 3.63) is 29.8 Å². The summed E-state index contributed by atoms with van der Waals surface area (Å²) in [7, 11) is 0. The second-order valence-corrected chi connectivity index (χ2v) is 7.97. The van der Waals surface area contributed by atoms with E-state index in [0.717, 1.165) is 19.4 Å². The van der Waals surface area contributed by atoms with Crippen molar-refractivity contribution in [3.63, 3.8) is 0 Å². The Hall–Kier alpha value is -1.06. The molecule has 0 spiro atoms. The monoisotopic (exact) mass is 409 g/mol. The predicted molar refractivity (Wildman–Crippen MR) is 120 cm³/mol. The van der Waals surface area contributed by atoms with Gasteiger partial charge >= 0.3 is 5.97 Å². The highest BCUT2D eigenvalue weighted by molar-refractivity contribution is 5.85. The zero-order chi connectivity index (χ0) is 19.3. The van der Waals surface area contributed by atoms with E-state index in [-0.39, 0.29) is 18.4 Å². The lowest BCUT2D eigenvalue weighted by Gasteiger charge is -2.36. The van der Waals surface area contributed by atoms with Crippen LogP contribution in [0.5, 0.6) is 5.75 Å². The van der Waals surface area contributed by atoms with Crippen molar-refractivity contribution in [2.45, 2.75) is 96.9 Å². The van der Waals surface area contributed by atoms with Crippen LogP contribution in [0.3, 0.4) is 0 Å². The zero-order valence-electron chi connectivity index (χ0n) is 18.0. The van der Waals surface area contributed by atoms with Gasteiger partial charge in [-0.15, -0.1) is 12.4 Å². The molecule has 0 radical (unpaired) electrons. The van der Waals surface area contributed by atoms with Gasteiger partial charge in [0.2, 0.25) is 0 Å². The van der Waals surface area contributed by atoms with Crippen LogP contribution in [-0.4, -0.2) is 24.0 Å². The van der Waals surface area contributed by atoms with E-state index < -0.39 is 0 Å². The second kappa shape index (κ2) is 14.9. The van der Waals surface area contributed by atoms with Crippen LogP contribution < -0.4 is 4.74 Å². The minimum atomic E-state index is -0.0882. The summed E-state index contributed by atoms with van der Waals surface area (Å²) >= 11 is 0. The average Bonchev–Trinajstić information content (AvgIpc) is 2.68. The summed E-state index contributed by atoms with van der Waals surface area (Å²) in [6, 6.07) is 8.69. The van der Waals surface area contributed by atoms with Crippen molar-refractivity contribution in [1.29, 1.82) is 0 Å². The molecular weight excluding hydrogens is 370 g/mol. The van der Waals surface area contributed by atoms with Gasteiger partial charge in [0.1, 0.15) is 5.75 Å². The summed E-state index contributed by atoms with van der Waals surface area (Å²) < 4.78 is 5.63. The highest BCUT2D eigenvalue weighted by Crippen LogP contribution is 2.32. The molecular formula is C24H40ClNO2. The van der Waals surface area contributed by atoms with Crippen molar-refractivity contribution in [2.75, 3.05) is 13.1 Å². The first-order chi connectivity index (χ1) is 13.2. The molecule has 1 unspecified atom stereocenters. The van der Waals surface area contributed by atoms with Crippen LogP contribution in [0.25, 0.3) is 0 Å². The highest BCUT2D eigenvalue weighted by Gasteiger charge is 2.23. The number of hydrogen-bond donors (Lipinski definition) is 0. The molecule has 0 saturated carbocycles. The molecule has 1 fully saturated rings. The number of carbonyl (C=O) groups excluding carboxylic acids is 1. The lowest BCUT2D eigenvalue weighted by molar-refractivity contribution is -0.134. The van der Waals surface area contributed by atoms with Crippen molar-refractivity contribution < 1.29 is 9.53 Å². The molecule has 0 N–H and O–H groups in total. The van der Waals surface area contributed by atoms with Crippen LogP contribution in [0.1, 0.15) is 103 Å². The Morgan fingerprint density at radius 3 is 2.54 bits per heavy atom. The quantitative estimate of drug-likeness (QED) is 0.209. The smallest absolute Gasteiger partial charge is 0.311 e. The molecule has 28 heavy (non-hydrogen) atoms. The summed E-state index contributed by atoms with van der Waals surface area (Å²) in [5.41, 5.74) is 1.30. The summed E-state index contributed by atoms with van der Waals surface area (Å²) in [4.78, 5) is 14.8. The number of nitrogens with zero attached hydrogens (tertiary/aromatic N) is 1. The molecule has 1 heterocycles. The number of carbonyl (C=O) groups is 1. The SMILES string of the molecule is CCCCCCCCCC(=O)Oc1cccc(C2CCCCN2CCC)c1.Cl. The topological polar surface area (TPSA) is 29.5 Å². The van der Waals surface area contributed by atoms with E-state index in [1.54, 1.807) is 0 Å². The molecule has 0 bridgehead atoms. The molecule has 0 aromatic heterocycles. The first kappa shape index (κ1) is 25.0. The van der Waals surface area contributed by atoms with Crippen molar-refractivity contribution >= 4 is 18.4 Å². The van der Waals surface area contributed by atoms with Gasteiger partial charge in [-0.05, 0) is 56.5 Å². The molecule has 1 aromatic rings. The predicted octanol–water partition coefficient (Wildman–Crippen LogP) is 7.09. The number of esters is 1. The maximum atomic E-state index is 12.2. The molecule has 160 valence electrons. The third-order valence-electron chi connectivity index (χ3n) is 5.58. The highest BCUT2D eigenvalue weighted by atomic mass is 35.5. The Morgan fingerprint density at radius 2 is 1.79 bits per heavy atom. The zero-order valence-corrected chi connectivity index (χ0v) is 18.8. The van der Waals surface area contributed by atoms with Gasteiger partial charge in [0.25, 0.3) is 0 Å². The lowest BCUT2D eigenvalue weighted by atomic mass is 9.95. The molecule has 0 aliphatic carbocycles. The Bertz CT molecular complexity index is 547. The van der Waals surface area contributed by atoms with E-state index in [1.807, 2.05) is 12.1 Å². The Kier molecular flexibility index (Phi) is 13.3. The number of hydrogen-bond acceptors (Lipinski definition) is 3. The van der Waals surface area contributed by atoms with Gasteiger partial charge < -0.3 is 4.74 Å². The van der Waals surface area contributed by atoms with E-state index in [4.69, 9.17) is 4.74 Å². The van der Waals surface area contributed by atoms with Crippen molar-refractivity contribution in [2.24, 2.45) is 0 Å². The number of ether oxygens (including phenoxy) is 1. The second-order valence-electron chi connectivity index (χ2n) is 7.97. The van der Waals surface area contributed by atoms with Gasteiger partial charge in [-0.3, -0.25) is 9.69 Å². The molecule has 4 heteroatoms. The van der Waals surface area contributed by atoms with E-state index >= 15 is 0 Å². The number of piperidine rings is 1. The summed E-state index contributed by atoms with van der Waals surface area (Å²) in [5, 5.41) is 0. The van der Waals surface area contributed by atoms with Crippen molar-refractivity contribution in [3.8, 4) is 5.75 Å². The van der Waals surface area contributed by atoms with Gasteiger partial charge in [-0.1, -0.05) is 70.9 Å². The number of benzene rings is 1. The first-order valence-corrected chi connectivity index (χ1v) is 11.3. The van der Waals surface area contributed by atoms with Crippen LogP contribution in [0, 0.1) is 0 Å². The Balaban J connectivity index is 0.00000392.